The van der Waals surface area contributed by atoms with E-state index in [4.69, 9.17) is 5.26 Å². The molecule has 0 aromatic carbocycles. The number of halogens is 4. The highest BCUT2D eigenvalue weighted by Crippen LogP contribution is 2.28. The Balaban J connectivity index is 3.15. The number of hydrogen-bond acceptors (Lipinski definition) is 3. The van der Waals surface area contributed by atoms with Crippen molar-refractivity contribution in [3.8, 4) is 11.9 Å². The molecule has 0 fully saturated rings. The molecule has 1 heterocycles. The fourth-order valence-electron chi connectivity index (χ4n) is 1.09. The molecule has 0 aliphatic carbocycles. The molecule has 1 aromatic heterocycles. The van der Waals surface area contributed by atoms with Gasteiger partial charge in [-0.05, 0) is 41.1 Å². The number of hydrogen-bond donors (Lipinski definition) is 0. The van der Waals surface area contributed by atoms with Crippen LogP contribution in [0.15, 0.2) is 6.07 Å². The molecule has 16 heavy (non-hydrogen) atoms. The number of rotatable bonds is 2. The molecule has 0 N–H and O–H groups in total. The SMILES string of the molecule is Cc1cc(CC#N)c(I)c(OC(F)(F)F)n1. The van der Waals surface area contributed by atoms with Crippen molar-refractivity contribution in [2.45, 2.75) is 19.7 Å². The smallest absolute Gasteiger partial charge is 0.387 e. The summed E-state index contributed by atoms with van der Waals surface area (Å²) in [7, 11) is 0. The van der Waals surface area contributed by atoms with Crippen molar-refractivity contribution in [3.63, 3.8) is 0 Å². The Morgan fingerprint density at radius 3 is 2.69 bits per heavy atom. The van der Waals surface area contributed by atoms with E-state index < -0.39 is 12.2 Å². The summed E-state index contributed by atoms with van der Waals surface area (Å²) in [5.41, 5.74) is 0.861. The van der Waals surface area contributed by atoms with Gasteiger partial charge in [-0.15, -0.1) is 13.2 Å². The van der Waals surface area contributed by atoms with Crippen molar-refractivity contribution in [2.24, 2.45) is 0 Å². The van der Waals surface area contributed by atoms with Gasteiger partial charge in [0.1, 0.15) is 0 Å². The second kappa shape index (κ2) is 4.86. The molecule has 0 saturated heterocycles. The molecule has 1 aromatic rings. The van der Waals surface area contributed by atoms with Crippen molar-refractivity contribution < 1.29 is 17.9 Å². The lowest BCUT2D eigenvalue weighted by molar-refractivity contribution is -0.276. The zero-order chi connectivity index (χ0) is 12.3. The zero-order valence-corrected chi connectivity index (χ0v) is 10.3. The van der Waals surface area contributed by atoms with E-state index >= 15 is 0 Å². The quantitative estimate of drug-likeness (QED) is 0.777. The number of pyridine rings is 1. The first-order valence-electron chi connectivity index (χ1n) is 4.12. The standard InChI is InChI=1S/C9H6F3IN2O/c1-5-4-6(2-3-14)7(13)8(15-5)16-9(10,11)12/h4H,2H2,1H3. The monoisotopic (exact) mass is 342 g/mol. The Morgan fingerprint density at radius 2 is 2.19 bits per heavy atom. The summed E-state index contributed by atoms with van der Waals surface area (Å²) < 4.78 is 40.1. The number of alkyl halides is 3. The molecule has 0 saturated carbocycles. The molecule has 3 nitrogen and oxygen atoms in total. The number of nitrogens with zero attached hydrogens (tertiary/aromatic N) is 2. The topological polar surface area (TPSA) is 45.9 Å². The lowest BCUT2D eigenvalue weighted by Gasteiger charge is -2.12. The Labute approximate surface area is 103 Å². The van der Waals surface area contributed by atoms with Crippen LogP contribution >= 0.6 is 22.6 Å². The van der Waals surface area contributed by atoms with Crippen molar-refractivity contribution in [3.05, 3.63) is 20.9 Å². The van der Waals surface area contributed by atoms with Gasteiger partial charge in [0.25, 0.3) is 0 Å². The molecule has 86 valence electrons. The van der Waals surface area contributed by atoms with Crippen LogP contribution in [0.4, 0.5) is 13.2 Å². The van der Waals surface area contributed by atoms with Crippen LogP contribution in [0.3, 0.4) is 0 Å². The molecular weight excluding hydrogens is 336 g/mol. The van der Waals surface area contributed by atoms with Gasteiger partial charge in [-0.1, -0.05) is 0 Å². The van der Waals surface area contributed by atoms with Crippen LogP contribution in [0.2, 0.25) is 0 Å². The van der Waals surface area contributed by atoms with Gasteiger partial charge < -0.3 is 4.74 Å². The van der Waals surface area contributed by atoms with E-state index in [9.17, 15) is 13.2 Å². The highest BCUT2D eigenvalue weighted by Gasteiger charge is 2.33. The molecule has 0 atom stereocenters. The van der Waals surface area contributed by atoms with E-state index in [1.807, 2.05) is 6.07 Å². The second-order valence-electron chi connectivity index (χ2n) is 2.92. The van der Waals surface area contributed by atoms with Gasteiger partial charge in [0, 0.05) is 5.69 Å². The van der Waals surface area contributed by atoms with E-state index in [1.165, 1.54) is 0 Å². The maximum atomic E-state index is 12.0. The molecule has 0 aliphatic heterocycles. The molecule has 0 amide bonds. The van der Waals surface area contributed by atoms with E-state index in [0.717, 1.165) is 0 Å². The van der Waals surface area contributed by atoms with Crippen LogP contribution in [0.25, 0.3) is 0 Å². The van der Waals surface area contributed by atoms with Gasteiger partial charge in [-0.3, -0.25) is 0 Å². The van der Waals surface area contributed by atoms with E-state index in [1.54, 1.807) is 35.6 Å². The Bertz CT molecular complexity index is 440. The first kappa shape index (κ1) is 13.0. The van der Waals surface area contributed by atoms with Crippen LogP contribution in [0.5, 0.6) is 5.88 Å². The average Bonchev–Trinajstić information content (AvgIpc) is 2.11. The normalized spacial score (nSPS) is 11.0. The fraction of sp³-hybridized carbons (Fsp3) is 0.333. The lowest BCUT2D eigenvalue weighted by Crippen LogP contribution is -2.19. The van der Waals surface area contributed by atoms with E-state index in [2.05, 4.69) is 9.72 Å². The zero-order valence-electron chi connectivity index (χ0n) is 8.10. The Morgan fingerprint density at radius 1 is 1.56 bits per heavy atom. The second-order valence-corrected chi connectivity index (χ2v) is 4.00. The van der Waals surface area contributed by atoms with Crippen LogP contribution in [0.1, 0.15) is 11.3 Å². The van der Waals surface area contributed by atoms with E-state index in [-0.39, 0.29) is 9.99 Å². The molecule has 0 bridgehead atoms. The van der Waals surface area contributed by atoms with Crippen LogP contribution in [-0.2, 0) is 6.42 Å². The number of aryl methyl sites for hydroxylation is 1. The molecule has 0 radical (unpaired) electrons. The third kappa shape index (κ3) is 3.52. The highest BCUT2D eigenvalue weighted by atomic mass is 127. The first-order valence-corrected chi connectivity index (χ1v) is 5.20. The molecule has 0 spiro atoms. The third-order valence-corrected chi connectivity index (χ3v) is 2.77. The predicted octanol–water partition coefficient (Wildman–Crippen LogP) is 2.96. The molecule has 7 heteroatoms. The van der Waals surface area contributed by atoms with Gasteiger partial charge in [0.05, 0.1) is 16.1 Å². The van der Waals surface area contributed by atoms with Gasteiger partial charge in [-0.25, -0.2) is 4.98 Å². The maximum Gasteiger partial charge on any atom is 0.574 e. The van der Waals surface area contributed by atoms with Crippen LogP contribution < -0.4 is 4.74 Å². The number of nitriles is 1. The molecule has 0 aliphatic rings. The van der Waals surface area contributed by atoms with Gasteiger partial charge in [0.15, 0.2) is 0 Å². The summed E-state index contributed by atoms with van der Waals surface area (Å²) >= 11 is 1.68. The van der Waals surface area contributed by atoms with Crippen molar-refractivity contribution >= 4 is 22.6 Å². The molecule has 1 rings (SSSR count). The summed E-state index contributed by atoms with van der Waals surface area (Å²) in [6.45, 7) is 1.54. The van der Waals surface area contributed by atoms with Crippen molar-refractivity contribution in [1.29, 1.82) is 5.26 Å². The number of aromatic nitrogens is 1. The maximum absolute atomic E-state index is 12.0. The fourth-order valence-corrected chi connectivity index (χ4v) is 1.66. The summed E-state index contributed by atoms with van der Waals surface area (Å²) in [4.78, 5) is 3.64. The van der Waals surface area contributed by atoms with Gasteiger partial charge in [-0.2, -0.15) is 5.26 Å². The number of ether oxygens (including phenoxy) is 1. The van der Waals surface area contributed by atoms with Crippen LogP contribution in [0, 0.1) is 21.8 Å². The third-order valence-electron chi connectivity index (χ3n) is 1.61. The molecular formula is C9H6F3IN2O. The largest absolute Gasteiger partial charge is 0.574 e. The summed E-state index contributed by atoms with van der Waals surface area (Å²) in [6, 6.07) is 3.44. The first-order chi connectivity index (χ1) is 7.33. The predicted molar refractivity (Wildman–Crippen MR) is 57.7 cm³/mol. The Kier molecular flexibility index (Phi) is 3.96. The van der Waals surface area contributed by atoms with Crippen LogP contribution in [-0.4, -0.2) is 11.3 Å². The minimum atomic E-state index is -4.77. The molecule has 0 unspecified atom stereocenters. The lowest BCUT2D eigenvalue weighted by atomic mass is 10.2. The Hall–Kier alpha value is -1.04. The summed E-state index contributed by atoms with van der Waals surface area (Å²) in [5.74, 6) is -0.502. The minimum Gasteiger partial charge on any atom is -0.387 e. The minimum absolute atomic E-state index is 0.0237. The summed E-state index contributed by atoms with van der Waals surface area (Å²) in [5, 5.41) is 8.52. The average molecular weight is 342 g/mol. The van der Waals surface area contributed by atoms with Crippen molar-refractivity contribution in [1.82, 2.24) is 4.98 Å². The van der Waals surface area contributed by atoms with Crippen molar-refractivity contribution in [2.75, 3.05) is 0 Å². The van der Waals surface area contributed by atoms with Gasteiger partial charge >= 0.3 is 6.36 Å². The van der Waals surface area contributed by atoms with E-state index in [0.29, 0.717) is 11.3 Å². The highest BCUT2D eigenvalue weighted by molar-refractivity contribution is 14.1. The summed E-state index contributed by atoms with van der Waals surface area (Å²) in [6.07, 6.45) is -4.75. The van der Waals surface area contributed by atoms with Gasteiger partial charge in [0.2, 0.25) is 5.88 Å².